The van der Waals surface area contributed by atoms with Crippen LogP contribution in [-0.2, 0) is 71.5 Å². The van der Waals surface area contributed by atoms with Crippen molar-refractivity contribution in [2.24, 2.45) is 11.8 Å². The van der Waals surface area contributed by atoms with E-state index in [4.69, 9.17) is 33.2 Å². The van der Waals surface area contributed by atoms with Crippen LogP contribution in [0.15, 0.2) is 97.3 Å². The molecule has 0 unspecified atom stereocenters. The van der Waals surface area contributed by atoms with Gasteiger partial charge in [0, 0.05) is 59.1 Å². The average molecular weight is 1120 g/mol. The van der Waals surface area contributed by atoms with E-state index in [1.807, 2.05) is 49.4 Å². The van der Waals surface area contributed by atoms with Crippen LogP contribution >= 0.6 is 0 Å². The fourth-order valence-electron chi connectivity index (χ4n) is 14.4. The quantitative estimate of drug-likeness (QED) is 0.0771. The summed E-state index contributed by atoms with van der Waals surface area (Å²) >= 11 is 0. The number of pyridine rings is 2. The van der Waals surface area contributed by atoms with Crippen LogP contribution in [0.1, 0.15) is 143 Å². The zero-order valence-electron chi connectivity index (χ0n) is 46.6. The summed E-state index contributed by atoms with van der Waals surface area (Å²) in [7, 11) is 6.52. The summed E-state index contributed by atoms with van der Waals surface area (Å²) in [6.07, 6.45) is 16.1. The van der Waals surface area contributed by atoms with E-state index in [0.717, 1.165) is 134 Å². The molecule has 6 aliphatic carbocycles. The second-order valence-corrected chi connectivity index (χ2v) is 23.1. The van der Waals surface area contributed by atoms with Crippen molar-refractivity contribution in [3.05, 3.63) is 153 Å². The molecule has 6 aliphatic rings. The van der Waals surface area contributed by atoms with Crippen LogP contribution in [0.2, 0.25) is 0 Å². The number of aliphatic carboxylic acids is 1. The first-order chi connectivity index (χ1) is 38.8. The van der Waals surface area contributed by atoms with Crippen LogP contribution in [0, 0.1) is 23.5 Å². The van der Waals surface area contributed by atoms with E-state index in [2.05, 4.69) is 40.3 Å². The highest BCUT2D eigenvalue weighted by Crippen LogP contribution is 2.63. The van der Waals surface area contributed by atoms with Crippen LogP contribution in [0.3, 0.4) is 0 Å². The molecule has 436 valence electrons. The lowest BCUT2D eigenvalue weighted by atomic mass is 9.75. The summed E-state index contributed by atoms with van der Waals surface area (Å²) in [4.78, 5) is 32.2. The molecule has 0 bridgehead atoms. The van der Waals surface area contributed by atoms with Crippen molar-refractivity contribution in [3.63, 3.8) is 0 Å². The van der Waals surface area contributed by atoms with Gasteiger partial charge in [-0.25, -0.2) is 18.7 Å². The van der Waals surface area contributed by atoms with E-state index in [-0.39, 0.29) is 60.1 Å². The minimum atomic E-state index is -0.707. The number of halogens is 2. The highest BCUT2D eigenvalue weighted by Gasteiger charge is 2.63. The van der Waals surface area contributed by atoms with Gasteiger partial charge in [-0.15, -0.1) is 0 Å². The van der Waals surface area contributed by atoms with Crippen molar-refractivity contribution in [2.45, 2.75) is 147 Å². The molecule has 0 amide bonds. The molecule has 0 aliphatic heterocycles. The molecule has 2 spiro atoms. The van der Waals surface area contributed by atoms with Crippen molar-refractivity contribution < 1.29 is 56.6 Å². The molecule has 4 saturated carbocycles. The van der Waals surface area contributed by atoms with Crippen LogP contribution in [0.4, 0.5) is 8.78 Å². The lowest BCUT2D eigenvalue weighted by Gasteiger charge is -2.32. The number of rotatable bonds is 19. The maximum atomic E-state index is 15.1. The number of carbonyl (C=O) groups is 2. The number of carbonyl (C=O) groups excluding carboxylic acids is 1. The third kappa shape index (κ3) is 11.2. The topological polar surface area (TPSA) is 145 Å². The minimum Gasteiger partial charge on any atom is -0.489 e. The number of fused-ring (bicyclic) bond motifs is 4. The molecule has 2 aromatic heterocycles. The van der Waals surface area contributed by atoms with Crippen molar-refractivity contribution in [1.29, 1.82) is 0 Å². The molecule has 14 heteroatoms. The molecule has 82 heavy (non-hydrogen) atoms. The summed E-state index contributed by atoms with van der Waals surface area (Å²) in [5.41, 5.74) is 10.9. The van der Waals surface area contributed by atoms with Gasteiger partial charge in [-0.1, -0.05) is 89.1 Å². The van der Waals surface area contributed by atoms with E-state index in [1.54, 1.807) is 26.4 Å². The second kappa shape index (κ2) is 24.5. The number of aryl methyl sites for hydroxylation is 2. The predicted molar refractivity (Wildman–Crippen MR) is 312 cm³/mol. The molecular formula is C68H80F2N2O10. The first-order valence-electron chi connectivity index (χ1n) is 28.4. The first-order valence-corrected chi connectivity index (χ1v) is 28.4. The fourth-order valence-corrected chi connectivity index (χ4v) is 14.4. The predicted octanol–water partition coefficient (Wildman–Crippen LogP) is 14.2. The summed E-state index contributed by atoms with van der Waals surface area (Å²) in [6, 6.07) is 28.0. The molecule has 0 radical (unpaired) electrons. The van der Waals surface area contributed by atoms with Gasteiger partial charge in [-0.3, -0.25) is 9.59 Å². The minimum absolute atomic E-state index is 0. The van der Waals surface area contributed by atoms with Crippen molar-refractivity contribution in [2.75, 3.05) is 48.3 Å². The van der Waals surface area contributed by atoms with Gasteiger partial charge in [0.1, 0.15) is 36.3 Å². The SMILES string of the molecule is C.C.CCOC(=O)[C@@H]1C[C@]12CCc1ccc(OCc3ccc(-c4cc(OC)ncc4F)c(C4(COC)CCCC4)c3)cc12.COCC1(c2cc(COc3ccc4c(c3)[C@]3(CC4)C[C@H]3C(=O)O)ccc2-c2cc(OC)ncc2F)CCCC1. The largest absolute Gasteiger partial charge is 0.489 e. The van der Waals surface area contributed by atoms with Gasteiger partial charge in [0.2, 0.25) is 11.8 Å². The Kier molecular flexibility index (Phi) is 17.8. The van der Waals surface area contributed by atoms with E-state index in [1.165, 1.54) is 43.3 Å². The lowest BCUT2D eigenvalue weighted by Crippen LogP contribution is -2.29. The Labute approximate surface area is 482 Å². The number of esters is 1. The molecule has 6 aromatic rings. The number of hydrogen-bond acceptors (Lipinski definition) is 11. The van der Waals surface area contributed by atoms with Crippen molar-refractivity contribution in [1.82, 2.24) is 9.97 Å². The van der Waals surface area contributed by atoms with Crippen LogP contribution in [-0.4, -0.2) is 75.3 Å². The monoisotopic (exact) mass is 1120 g/mol. The van der Waals surface area contributed by atoms with Gasteiger partial charge in [0.25, 0.3) is 0 Å². The Bertz CT molecular complexity index is 3300. The highest BCUT2D eigenvalue weighted by molar-refractivity contribution is 5.80. The van der Waals surface area contributed by atoms with E-state index in [9.17, 15) is 14.7 Å². The zero-order valence-corrected chi connectivity index (χ0v) is 46.6. The number of carboxylic acids is 1. The highest BCUT2D eigenvalue weighted by atomic mass is 19.1. The van der Waals surface area contributed by atoms with Crippen LogP contribution in [0.5, 0.6) is 23.3 Å². The number of ether oxygens (including phenoxy) is 7. The molecule has 4 aromatic carbocycles. The van der Waals surface area contributed by atoms with E-state index in [0.29, 0.717) is 62.3 Å². The maximum Gasteiger partial charge on any atom is 0.309 e. The maximum absolute atomic E-state index is 15.1. The first kappa shape index (κ1) is 59.7. The van der Waals surface area contributed by atoms with Gasteiger partial charge in [0.15, 0.2) is 0 Å². The summed E-state index contributed by atoms with van der Waals surface area (Å²) in [6.45, 7) is 4.13. The molecule has 4 atom stereocenters. The Balaban J connectivity index is 0.000000193. The fraction of sp³-hybridized carbons (Fsp3) is 0.471. The molecule has 4 fully saturated rings. The molecule has 0 saturated heterocycles. The average Bonchev–Trinajstić information content (AvgIpc) is 1.85. The standard InChI is InChI=1S/C34H38FNO5.C32H34FNO5.2CH4/c1-4-40-32(37)29-18-34(29)14-11-23-8-9-24(16-27(23)34)41-20-22-7-10-25(26-17-31(39-3)36-19-30(26)35)28(15-22)33(21-38-2)12-5-6-13-33;1-37-19-31(10-3-4-11-31)26-13-20(5-8-23(26)24-15-29(38-2)34-17-28(24)33)18-39-22-7-6-21-9-12-32(25(21)14-22)16-27(32)30(35)36;;/h7-10,15-17,19,29H,4-6,11-14,18,20-21H2,1-3H3;5-8,13-15,17,27H,3-4,9-12,16,18-19H2,1-2H3,(H,35,36);2*1H4/t29-,34-;27-,32-;;/m00../s1. The van der Waals surface area contributed by atoms with Gasteiger partial charge >= 0.3 is 11.9 Å². The Hall–Kier alpha value is -6.90. The number of benzene rings is 4. The zero-order chi connectivity index (χ0) is 55.8. The van der Waals surface area contributed by atoms with Crippen LogP contribution < -0.4 is 18.9 Å². The van der Waals surface area contributed by atoms with Gasteiger partial charge < -0.3 is 38.3 Å². The Morgan fingerprint density at radius 2 is 1.00 bits per heavy atom. The van der Waals surface area contributed by atoms with Gasteiger partial charge in [0.05, 0.1) is 58.3 Å². The number of methoxy groups -OCH3 is 4. The summed E-state index contributed by atoms with van der Waals surface area (Å²) in [5.74, 6) is 0.380. The number of hydrogen-bond donors (Lipinski definition) is 1. The summed E-state index contributed by atoms with van der Waals surface area (Å²) < 4.78 is 70.2. The van der Waals surface area contributed by atoms with E-state index >= 15 is 8.78 Å². The number of aromatic nitrogens is 2. The third-order valence-electron chi connectivity index (χ3n) is 18.7. The van der Waals surface area contributed by atoms with Gasteiger partial charge in [-0.2, -0.15) is 0 Å². The second-order valence-electron chi connectivity index (χ2n) is 23.1. The Morgan fingerprint density at radius 3 is 1.40 bits per heavy atom. The molecular weight excluding hydrogens is 1040 g/mol. The molecule has 2 heterocycles. The van der Waals surface area contributed by atoms with Crippen LogP contribution in [0.25, 0.3) is 22.3 Å². The third-order valence-corrected chi connectivity index (χ3v) is 18.7. The molecule has 12 rings (SSSR count). The normalized spacial score (nSPS) is 21.7. The summed E-state index contributed by atoms with van der Waals surface area (Å²) in [5, 5.41) is 9.58. The molecule has 1 N–H and O–H groups in total. The van der Waals surface area contributed by atoms with E-state index < -0.39 is 11.8 Å². The molecule has 12 nitrogen and oxygen atoms in total. The number of nitrogens with zero attached hydrogens (tertiary/aromatic N) is 2. The number of carboxylic acid groups (broad SMARTS) is 1. The Morgan fingerprint density at radius 1 is 0.561 bits per heavy atom. The lowest BCUT2D eigenvalue weighted by molar-refractivity contribution is -0.145. The van der Waals surface area contributed by atoms with Gasteiger partial charge in [-0.05, 0) is 151 Å². The smallest absolute Gasteiger partial charge is 0.309 e. The van der Waals surface area contributed by atoms with Crippen molar-refractivity contribution in [3.8, 4) is 45.5 Å². The van der Waals surface area contributed by atoms with Crippen molar-refractivity contribution >= 4 is 11.9 Å².